The number of aromatic nitrogens is 1. The summed E-state index contributed by atoms with van der Waals surface area (Å²) in [6.07, 6.45) is -4.50. The van der Waals surface area contributed by atoms with E-state index in [4.69, 9.17) is 5.73 Å². The molecule has 21 heavy (non-hydrogen) atoms. The van der Waals surface area contributed by atoms with Crippen LogP contribution in [0.2, 0.25) is 0 Å². The molecule has 3 N–H and O–H groups in total. The van der Waals surface area contributed by atoms with Gasteiger partial charge in [0, 0.05) is 18.0 Å². The van der Waals surface area contributed by atoms with Gasteiger partial charge in [-0.25, -0.2) is 4.98 Å². The fourth-order valence-electron chi connectivity index (χ4n) is 1.82. The molecule has 0 fully saturated rings. The molecular formula is C13H14F3N3OS. The second-order valence-electron chi connectivity index (χ2n) is 4.71. The van der Waals surface area contributed by atoms with E-state index >= 15 is 0 Å². The van der Waals surface area contributed by atoms with E-state index in [-0.39, 0.29) is 23.3 Å². The quantitative estimate of drug-likeness (QED) is 0.914. The van der Waals surface area contributed by atoms with Gasteiger partial charge in [0.15, 0.2) is 0 Å². The van der Waals surface area contributed by atoms with Gasteiger partial charge in [0.2, 0.25) is 0 Å². The molecule has 0 aliphatic carbocycles. The average molecular weight is 317 g/mol. The van der Waals surface area contributed by atoms with Crippen LogP contribution < -0.4 is 11.1 Å². The number of carbonyl (C=O) groups is 1. The molecule has 2 aromatic heterocycles. The van der Waals surface area contributed by atoms with Gasteiger partial charge in [-0.3, -0.25) is 4.79 Å². The normalized spacial score (nSPS) is 13.4. The predicted molar refractivity (Wildman–Crippen MR) is 75.3 cm³/mol. The van der Waals surface area contributed by atoms with Crippen molar-refractivity contribution in [3.63, 3.8) is 0 Å². The highest BCUT2D eigenvalue weighted by Gasteiger charge is 2.33. The third kappa shape index (κ3) is 3.16. The molecule has 0 aliphatic heterocycles. The highest BCUT2D eigenvalue weighted by molar-refractivity contribution is 7.20. The van der Waals surface area contributed by atoms with Gasteiger partial charge in [-0.1, -0.05) is 0 Å². The molecule has 2 aromatic rings. The number of halogens is 3. The number of aryl methyl sites for hydroxylation is 1. The Hall–Kier alpha value is -1.67. The summed E-state index contributed by atoms with van der Waals surface area (Å²) in [7, 11) is 0. The van der Waals surface area contributed by atoms with Crippen molar-refractivity contribution >= 4 is 27.5 Å². The summed E-state index contributed by atoms with van der Waals surface area (Å²) < 4.78 is 37.9. The van der Waals surface area contributed by atoms with Crippen molar-refractivity contribution in [2.45, 2.75) is 26.1 Å². The second-order valence-corrected chi connectivity index (χ2v) is 5.71. The van der Waals surface area contributed by atoms with E-state index in [1.165, 1.54) is 6.07 Å². The zero-order valence-electron chi connectivity index (χ0n) is 11.4. The maximum Gasteiger partial charge on any atom is 0.433 e. The fraction of sp³-hybridized carbons (Fsp3) is 0.385. The van der Waals surface area contributed by atoms with Crippen molar-refractivity contribution in [3.05, 3.63) is 28.3 Å². The molecule has 4 nitrogen and oxygen atoms in total. The fourth-order valence-corrected chi connectivity index (χ4v) is 2.91. The number of carbonyl (C=O) groups excluding carboxylic acids is 1. The van der Waals surface area contributed by atoms with Gasteiger partial charge < -0.3 is 11.1 Å². The topological polar surface area (TPSA) is 68.0 Å². The van der Waals surface area contributed by atoms with Crippen LogP contribution in [0.3, 0.4) is 0 Å². The summed E-state index contributed by atoms with van der Waals surface area (Å²) in [5, 5.41) is 3.24. The van der Waals surface area contributed by atoms with Crippen molar-refractivity contribution in [3.8, 4) is 0 Å². The first-order chi connectivity index (χ1) is 9.74. The van der Waals surface area contributed by atoms with Gasteiger partial charge in [0.25, 0.3) is 5.91 Å². The lowest BCUT2D eigenvalue weighted by Gasteiger charge is -2.10. The SMILES string of the molecule is Cc1c(C(=O)N[C@@H](C)CN)sc2nc(C(F)(F)F)ccc12. The van der Waals surface area contributed by atoms with E-state index in [2.05, 4.69) is 10.3 Å². The van der Waals surface area contributed by atoms with Crippen molar-refractivity contribution in [1.29, 1.82) is 0 Å². The Labute approximate surface area is 123 Å². The van der Waals surface area contributed by atoms with Crippen LogP contribution >= 0.6 is 11.3 Å². The summed E-state index contributed by atoms with van der Waals surface area (Å²) in [6.45, 7) is 3.72. The molecule has 0 aliphatic rings. The molecule has 0 bridgehead atoms. The minimum Gasteiger partial charge on any atom is -0.348 e. The third-order valence-electron chi connectivity index (χ3n) is 3.03. The monoisotopic (exact) mass is 317 g/mol. The minimum atomic E-state index is -4.50. The Balaban J connectivity index is 2.43. The average Bonchev–Trinajstić information content (AvgIpc) is 2.74. The molecule has 8 heteroatoms. The van der Waals surface area contributed by atoms with Crippen molar-refractivity contribution in [1.82, 2.24) is 10.3 Å². The van der Waals surface area contributed by atoms with Gasteiger partial charge in [-0.05, 0) is 31.5 Å². The minimum absolute atomic E-state index is 0.202. The number of nitrogens with zero attached hydrogens (tertiary/aromatic N) is 1. The number of hydrogen-bond acceptors (Lipinski definition) is 4. The number of pyridine rings is 1. The van der Waals surface area contributed by atoms with Gasteiger partial charge in [0.05, 0.1) is 4.88 Å². The van der Waals surface area contributed by atoms with Crippen LogP contribution in [0.15, 0.2) is 12.1 Å². The number of fused-ring (bicyclic) bond motifs is 1. The van der Waals surface area contributed by atoms with Gasteiger partial charge in [-0.15, -0.1) is 11.3 Å². The number of rotatable bonds is 3. The molecule has 0 saturated carbocycles. The van der Waals surface area contributed by atoms with Gasteiger partial charge >= 0.3 is 6.18 Å². The summed E-state index contributed by atoms with van der Waals surface area (Å²) >= 11 is 0.951. The van der Waals surface area contributed by atoms with Crippen LogP contribution in [0.1, 0.15) is 27.9 Å². The number of alkyl halides is 3. The third-order valence-corrected chi connectivity index (χ3v) is 4.23. The zero-order chi connectivity index (χ0) is 15.8. The van der Waals surface area contributed by atoms with E-state index in [9.17, 15) is 18.0 Å². The molecule has 2 rings (SSSR count). The lowest BCUT2D eigenvalue weighted by Crippen LogP contribution is -2.37. The molecule has 0 radical (unpaired) electrons. The van der Waals surface area contributed by atoms with Crippen LogP contribution in [0.5, 0.6) is 0 Å². The molecule has 0 spiro atoms. The Kier molecular flexibility index (Phi) is 4.20. The summed E-state index contributed by atoms with van der Waals surface area (Å²) in [4.78, 5) is 16.2. The largest absolute Gasteiger partial charge is 0.433 e. The number of nitrogens with two attached hydrogens (primary N) is 1. The molecule has 114 valence electrons. The second kappa shape index (κ2) is 5.61. The van der Waals surface area contributed by atoms with E-state index in [1.807, 2.05) is 0 Å². The lowest BCUT2D eigenvalue weighted by molar-refractivity contribution is -0.140. The Morgan fingerprint density at radius 2 is 2.14 bits per heavy atom. The van der Waals surface area contributed by atoms with E-state index in [0.29, 0.717) is 15.8 Å². The first-order valence-corrected chi connectivity index (χ1v) is 7.04. The maximum atomic E-state index is 12.6. The first-order valence-electron chi connectivity index (χ1n) is 6.22. The number of thiophene rings is 1. The summed E-state index contributed by atoms with van der Waals surface area (Å²) in [5.41, 5.74) is 5.09. The van der Waals surface area contributed by atoms with Crippen molar-refractivity contribution in [2.24, 2.45) is 5.73 Å². The van der Waals surface area contributed by atoms with E-state index in [1.54, 1.807) is 13.8 Å². The number of amides is 1. The predicted octanol–water partition coefficient (Wildman–Crippen LogP) is 2.70. The van der Waals surface area contributed by atoms with Gasteiger partial charge in [0.1, 0.15) is 10.5 Å². The van der Waals surface area contributed by atoms with Gasteiger partial charge in [-0.2, -0.15) is 13.2 Å². The molecule has 2 heterocycles. The van der Waals surface area contributed by atoms with E-state index < -0.39 is 11.9 Å². The van der Waals surface area contributed by atoms with Crippen LogP contribution in [0, 0.1) is 6.92 Å². The Morgan fingerprint density at radius 3 is 2.71 bits per heavy atom. The molecule has 0 saturated heterocycles. The maximum absolute atomic E-state index is 12.6. The number of hydrogen-bond donors (Lipinski definition) is 2. The molecule has 0 aromatic carbocycles. The van der Waals surface area contributed by atoms with Crippen molar-refractivity contribution < 1.29 is 18.0 Å². The van der Waals surface area contributed by atoms with Crippen LogP contribution in [-0.2, 0) is 6.18 Å². The first kappa shape index (κ1) is 15.7. The zero-order valence-corrected chi connectivity index (χ0v) is 12.2. The Morgan fingerprint density at radius 1 is 1.48 bits per heavy atom. The Bertz CT molecular complexity index is 681. The standard InChI is InChI=1S/C13H14F3N3OS/c1-6(5-17)18-11(20)10-7(2)8-3-4-9(13(14,15)16)19-12(8)21-10/h3-4,6H,5,17H2,1-2H3,(H,18,20)/t6-/m0/s1. The lowest BCUT2D eigenvalue weighted by atomic mass is 10.1. The molecule has 0 unspecified atom stereocenters. The summed E-state index contributed by atoms with van der Waals surface area (Å²) in [6, 6.07) is 2.06. The van der Waals surface area contributed by atoms with Crippen LogP contribution in [0.25, 0.3) is 10.2 Å². The van der Waals surface area contributed by atoms with Crippen molar-refractivity contribution in [2.75, 3.05) is 6.54 Å². The molecule has 1 atom stereocenters. The van der Waals surface area contributed by atoms with Crippen LogP contribution in [-0.4, -0.2) is 23.5 Å². The summed E-state index contributed by atoms with van der Waals surface area (Å²) in [5.74, 6) is -0.345. The highest BCUT2D eigenvalue weighted by Crippen LogP contribution is 2.34. The smallest absolute Gasteiger partial charge is 0.348 e. The van der Waals surface area contributed by atoms with Crippen LogP contribution in [0.4, 0.5) is 13.2 Å². The number of nitrogens with one attached hydrogen (secondary N) is 1. The highest BCUT2D eigenvalue weighted by atomic mass is 32.1. The van der Waals surface area contributed by atoms with E-state index in [0.717, 1.165) is 17.4 Å². The molecular weight excluding hydrogens is 303 g/mol. The molecule has 1 amide bonds.